The topological polar surface area (TPSA) is 3.24 Å². The highest BCUT2D eigenvalue weighted by atomic mass is 15.2. The molecule has 1 heteroatoms. The zero-order valence-electron chi connectivity index (χ0n) is 8.59. The summed E-state index contributed by atoms with van der Waals surface area (Å²) in [6.07, 6.45) is 5.45. The molecule has 0 aromatic heterocycles. The van der Waals surface area contributed by atoms with E-state index in [0.29, 0.717) is 11.8 Å². The average molecular weight is 165 g/mol. The van der Waals surface area contributed by atoms with Crippen LogP contribution in [-0.4, -0.2) is 23.5 Å². The van der Waals surface area contributed by atoms with E-state index in [0.717, 1.165) is 13.1 Å². The van der Waals surface area contributed by atoms with Gasteiger partial charge in [-0.05, 0) is 26.7 Å². The van der Waals surface area contributed by atoms with Crippen LogP contribution in [-0.2, 0) is 0 Å². The van der Waals surface area contributed by atoms with E-state index in [1.54, 1.807) is 0 Å². The van der Waals surface area contributed by atoms with E-state index in [-0.39, 0.29) is 5.54 Å². The molecule has 1 aliphatic rings. The Labute approximate surface area is 76.1 Å². The van der Waals surface area contributed by atoms with E-state index < -0.39 is 0 Å². The van der Waals surface area contributed by atoms with Crippen LogP contribution in [0, 0.1) is 24.2 Å². The second kappa shape index (κ2) is 3.11. The Bertz CT molecular complexity index is 194. The highest BCUT2D eigenvalue weighted by molar-refractivity contribution is 5.03. The zero-order valence-corrected chi connectivity index (χ0v) is 8.59. The fourth-order valence-corrected chi connectivity index (χ4v) is 1.73. The summed E-state index contributed by atoms with van der Waals surface area (Å²) in [5.74, 6) is 4.00. The smallest absolute Gasteiger partial charge is 0.0365 e. The number of hydrogen-bond acceptors (Lipinski definition) is 1. The maximum Gasteiger partial charge on any atom is 0.0365 e. The van der Waals surface area contributed by atoms with Gasteiger partial charge in [-0.25, -0.2) is 0 Å². The average Bonchev–Trinajstić information content (AvgIpc) is 2.29. The van der Waals surface area contributed by atoms with E-state index in [1.165, 1.54) is 0 Å². The quantitative estimate of drug-likeness (QED) is 0.496. The molecule has 0 spiro atoms. The van der Waals surface area contributed by atoms with Crippen LogP contribution in [0.5, 0.6) is 0 Å². The van der Waals surface area contributed by atoms with Crippen LogP contribution in [0.25, 0.3) is 0 Å². The number of likely N-dealkylation sites (tertiary alicyclic amines) is 1. The van der Waals surface area contributed by atoms with Gasteiger partial charge in [0.2, 0.25) is 0 Å². The van der Waals surface area contributed by atoms with Crippen molar-refractivity contribution < 1.29 is 0 Å². The van der Waals surface area contributed by atoms with Gasteiger partial charge in [0.1, 0.15) is 0 Å². The van der Waals surface area contributed by atoms with Crippen molar-refractivity contribution in [2.24, 2.45) is 11.8 Å². The first kappa shape index (κ1) is 9.61. The van der Waals surface area contributed by atoms with E-state index in [9.17, 15) is 0 Å². The summed E-state index contributed by atoms with van der Waals surface area (Å²) in [6.45, 7) is 11.2. The van der Waals surface area contributed by atoms with Gasteiger partial charge in [-0.15, -0.1) is 12.3 Å². The largest absolute Gasteiger partial charge is 0.297 e. The summed E-state index contributed by atoms with van der Waals surface area (Å²) >= 11 is 0. The normalized spacial score (nSPS) is 31.9. The van der Waals surface area contributed by atoms with Crippen LogP contribution in [0.3, 0.4) is 0 Å². The van der Waals surface area contributed by atoms with Crippen LogP contribution in [0.4, 0.5) is 0 Å². The van der Waals surface area contributed by atoms with Crippen molar-refractivity contribution in [3.63, 3.8) is 0 Å². The van der Waals surface area contributed by atoms with Gasteiger partial charge in [-0.1, -0.05) is 6.92 Å². The molecular formula is C11H19N. The van der Waals surface area contributed by atoms with Crippen molar-refractivity contribution in [2.45, 2.75) is 33.2 Å². The Morgan fingerprint density at radius 1 is 1.33 bits per heavy atom. The predicted molar refractivity (Wildman–Crippen MR) is 52.8 cm³/mol. The minimum absolute atomic E-state index is 0.278. The highest BCUT2D eigenvalue weighted by Gasteiger charge is 2.33. The third-order valence-electron chi connectivity index (χ3n) is 2.78. The van der Waals surface area contributed by atoms with Crippen molar-refractivity contribution >= 4 is 0 Å². The Morgan fingerprint density at radius 2 is 1.92 bits per heavy atom. The zero-order chi connectivity index (χ0) is 9.35. The Morgan fingerprint density at radius 3 is 2.17 bits per heavy atom. The Hall–Kier alpha value is -0.480. The molecule has 0 bridgehead atoms. The second-order valence-corrected chi connectivity index (χ2v) is 4.83. The van der Waals surface area contributed by atoms with E-state index >= 15 is 0 Å². The summed E-state index contributed by atoms with van der Waals surface area (Å²) < 4.78 is 0. The summed E-state index contributed by atoms with van der Waals surface area (Å²) in [5.41, 5.74) is 0.278. The molecule has 1 fully saturated rings. The number of nitrogens with zero attached hydrogens (tertiary/aromatic N) is 1. The lowest BCUT2D eigenvalue weighted by Crippen LogP contribution is -2.39. The third kappa shape index (κ3) is 1.81. The summed E-state index contributed by atoms with van der Waals surface area (Å²) in [7, 11) is 0. The third-order valence-corrected chi connectivity index (χ3v) is 2.78. The maximum absolute atomic E-state index is 5.45. The van der Waals surface area contributed by atoms with Gasteiger partial charge in [0.25, 0.3) is 0 Å². The highest BCUT2D eigenvalue weighted by Crippen LogP contribution is 2.27. The second-order valence-electron chi connectivity index (χ2n) is 4.83. The first-order valence-corrected chi connectivity index (χ1v) is 4.66. The molecule has 0 saturated carbocycles. The van der Waals surface area contributed by atoms with Crippen molar-refractivity contribution in [3.05, 3.63) is 0 Å². The molecule has 0 N–H and O–H groups in total. The van der Waals surface area contributed by atoms with Crippen molar-refractivity contribution in [1.82, 2.24) is 4.90 Å². The maximum atomic E-state index is 5.45. The van der Waals surface area contributed by atoms with Crippen molar-refractivity contribution in [3.8, 4) is 12.3 Å². The minimum atomic E-state index is 0.278. The van der Waals surface area contributed by atoms with Gasteiger partial charge in [0.15, 0.2) is 0 Å². The van der Waals surface area contributed by atoms with Crippen molar-refractivity contribution in [2.75, 3.05) is 13.1 Å². The fourth-order valence-electron chi connectivity index (χ4n) is 1.73. The molecule has 0 unspecified atom stereocenters. The van der Waals surface area contributed by atoms with Gasteiger partial charge < -0.3 is 0 Å². The predicted octanol–water partition coefficient (Wildman–Crippen LogP) is 1.99. The molecule has 1 heterocycles. The van der Waals surface area contributed by atoms with Crippen LogP contribution in [0.1, 0.15) is 27.7 Å². The summed E-state index contributed by atoms with van der Waals surface area (Å²) in [4.78, 5) is 2.47. The van der Waals surface area contributed by atoms with Crippen LogP contribution in [0.15, 0.2) is 0 Å². The fraction of sp³-hybridized carbons (Fsp3) is 0.818. The lowest BCUT2D eigenvalue weighted by molar-refractivity contribution is 0.168. The molecule has 68 valence electrons. The van der Waals surface area contributed by atoms with Gasteiger partial charge in [-0.2, -0.15) is 0 Å². The standard InChI is InChI=1S/C11H19N/c1-6-10-8-12(7-9(10)2)11(3,4)5/h1,9-10H,7-8H2,2-5H3/t9-,10+/m0/s1. The first-order valence-electron chi connectivity index (χ1n) is 4.66. The molecule has 0 radical (unpaired) electrons. The minimum Gasteiger partial charge on any atom is -0.297 e. The summed E-state index contributed by atoms with van der Waals surface area (Å²) in [5, 5.41) is 0. The Balaban J connectivity index is 2.62. The lowest BCUT2D eigenvalue weighted by Gasteiger charge is -2.31. The van der Waals surface area contributed by atoms with Crippen LogP contribution >= 0.6 is 0 Å². The van der Waals surface area contributed by atoms with Gasteiger partial charge in [0.05, 0.1) is 0 Å². The van der Waals surface area contributed by atoms with Crippen LogP contribution < -0.4 is 0 Å². The molecular weight excluding hydrogens is 146 g/mol. The molecule has 1 rings (SSSR count). The molecule has 1 aliphatic heterocycles. The molecule has 1 saturated heterocycles. The van der Waals surface area contributed by atoms with E-state index in [4.69, 9.17) is 6.42 Å². The molecule has 0 aliphatic carbocycles. The number of hydrogen-bond donors (Lipinski definition) is 0. The first-order chi connectivity index (χ1) is 5.45. The molecule has 2 atom stereocenters. The monoisotopic (exact) mass is 165 g/mol. The molecule has 0 aromatic rings. The lowest BCUT2D eigenvalue weighted by atomic mass is 10.00. The van der Waals surface area contributed by atoms with Gasteiger partial charge in [0, 0.05) is 24.5 Å². The summed E-state index contributed by atoms with van der Waals surface area (Å²) in [6, 6.07) is 0. The molecule has 12 heavy (non-hydrogen) atoms. The van der Waals surface area contributed by atoms with Gasteiger partial charge >= 0.3 is 0 Å². The Kier molecular flexibility index (Phi) is 2.49. The molecule has 1 nitrogen and oxygen atoms in total. The van der Waals surface area contributed by atoms with E-state index in [1.807, 2.05) is 0 Å². The van der Waals surface area contributed by atoms with Crippen LogP contribution in [0.2, 0.25) is 0 Å². The molecule has 0 amide bonds. The van der Waals surface area contributed by atoms with Crippen molar-refractivity contribution in [1.29, 1.82) is 0 Å². The number of terminal acetylenes is 1. The SMILES string of the molecule is C#C[C@@H]1CN(C(C)(C)C)C[C@@H]1C. The van der Waals surface area contributed by atoms with E-state index in [2.05, 4.69) is 38.5 Å². The molecule has 0 aromatic carbocycles. The number of rotatable bonds is 0. The van der Waals surface area contributed by atoms with Gasteiger partial charge in [-0.3, -0.25) is 4.90 Å².